The van der Waals surface area contributed by atoms with Crippen LogP contribution in [0.15, 0.2) is 54.6 Å². The Hall–Kier alpha value is -2.73. The fraction of sp³-hybridized carbons (Fsp3) is 0.278. The van der Waals surface area contributed by atoms with E-state index in [0.717, 1.165) is 10.3 Å². The lowest BCUT2D eigenvalue weighted by Gasteiger charge is -2.07. The van der Waals surface area contributed by atoms with Crippen LogP contribution in [0.3, 0.4) is 0 Å². The minimum atomic E-state index is -0.583. The predicted molar refractivity (Wildman–Crippen MR) is 89.9 cm³/mol. The highest BCUT2D eigenvalue weighted by atomic mass is 16.5. The minimum Gasteiger partial charge on any atom is -0.423 e. The summed E-state index contributed by atoms with van der Waals surface area (Å²) < 4.78 is 6.44. The molecule has 2 N–H and O–H groups in total. The van der Waals surface area contributed by atoms with Gasteiger partial charge in [0.2, 0.25) is 11.7 Å². The first-order chi connectivity index (χ1) is 11.7. The van der Waals surface area contributed by atoms with Crippen molar-refractivity contribution in [3.05, 3.63) is 65.1 Å². The summed E-state index contributed by atoms with van der Waals surface area (Å²) >= 11 is 0. The molecule has 0 saturated heterocycles. The lowest BCUT2D eigenvalue weighted by atomic mass is 10.2. The molecule has 1 aliphatic rings. The molecular formula is C18H20N3O3+. The van der Waals surface area contributed by atoms with Gasteiger partial charge in [0.15, 0.2) is 0 Å². The van der Waals surface area contributed by atoms with E-state index in [9.17, 15) is 9.70 Å². The Labute approximate surface area is 140 Å². The molecule has 3 rings (SSSR count). The van der Waals surface area contributed by atoms with Crippen molar-refractivity contribution in [2.75, 3.05) is 13.1 Å². The summed E-state index contributed by atoms with van der Waals surface area (Å²) in [7, 11) is 0. The van der Waals surface area contributed by atoms with Gasteiger partial charge in [-0.25, -0.2) is 0 Å². The van der Waals surface area contributed by atoms with Crippen LogP contribution < -0.4 is 15.4 Å². The number of para-hydroxylation sites is 2. The van der Waals surface area contributed by atoms with E-state index in [1.807, 2.05) is 36.4 Å². The Balaban J connectivity index is 1.35. The summed E-state index contributed by atoms with van der Waals surface area (Å²) in [6, 6.07) is 17.0. The van der Waals surface area contributed by atoms with Crippen LogP contribution in [-0.2, 0) is 11.3 Å². The topological polar surface area (TPSA) is 70.4 Å². The van der Waals surface area contributed by atoms with Crippen molar-refractivity contribution in [2.24, 2.45) is 0 Å². The van der Waals surface area contributed by atoms with Gasteiger partial charge < -0.3 is 15.4 Å². The third-order valence-electron chi connectivity index (χ3n) is 3.80. The first kappa shape index (κ1) is 16.1. The van der Waals surface area contributed by atoms with Crippen LogP contribution in [0.1, 0.15) is 12.0 Å². The first-order valence-corrected chi connectivity index (χ1v) is 7.97. The van der Waals surface area contributed by atoms with Crippen molar-refractivity contribution in [3.63, 3.8) is 0 Å². The fourth-order valence-corrected chi connectivity index (χ4v) is 2.58. The number of carbonyl (C=O) groups is 1. The van der Waals surface area contributed by atoms with E-state index in [0.29, 0.717) is 30.9 Å². The molecule has 0 aliphatic carbocycles. The lowest BCUT2D eigenvalue weighted by Crippen LogP contribution is -2.36. The highest BCUT2D eigenvalue weighted by Crippen LogP contribution is 2.35. The van der Waals surface area contributed by atoms with E-state index < -0.39 is 6.23 Å². The normalized spacial score (nSPS) is 15.7. The van der Waals surface area contributed by atoms with E-state index >= 15 is 0 Å². The molecule has 1 heterocycles. The molecular weight excluding hydrogens is 306 g/mol. The molecule has 0 saturated carbocycles. The van der Waals surface area contributed by atoms with E-state index in [1.165, 1.54) is 0 Å². The van der Waals surface area contributed by atoms with Gasteiger partial charge in [0.25, 0.3) is 0 Å². The second-order valence-corrected chi connectivity index (χ2v) is 5.59. The molecule has 0 fully saturated rings. The molecule has 0 bridgehead atoms. The summed E-state index contributed by atoms with van der Waals surface area (Å²) in [6.45, 7) is 1.27. The molecule has 6 heteroatoms. The Morgan fingerprint density at radius 3 is 2.62 bits per heavy atom. The third-order valence-corrected chi connectivity index (χ3v) is 3.80. The number of benzene rings is 2. The minimum absolute atomic E-state index is 0.0982. The second kappa shape index (κ2) is 7.70. The second-order valence-electron chi connectivity index (χ2n) is 5.59. The van der Waals surface area contributed by atoms with Crippen LogP contribution in [-0.4, -0.2) is 30.0 Å². The maximum absolute atomic E-state index is 12.1. The zero-order valence-corrected chi connectivity index (χ0v) is 13.3. The zero-order valence-electron chi connectivity index (χ0n) is 13.3. The van der Waals surface area contributed by atoms with Gasteiger partial charge in [-0.3, -0.25) is 4.79 Å². The third kappa shape index (κ3) is 3.97. The molecule has 1 amide bonds. The Morgan fingerprint density at radius 2 is 1.83 bits per heavy atom. The Kier molecular flexibility index (Phi) is 5.18. The molecule has 2 aromatic rings. The van der Waals surface area contributed by atoms with Gasteiger partial charge in [-0.05, 0) is 11.6 Å². The van der Waals surface area contributed by atoms with Crippen LogP contribution in [0.25, 0.3) is 0 Å². The standard InChI is InChI=1S/C18H19N3O3/c22-17(13-19-12-14-6-2-1-3-7-14)20-11-10-18-21(23)15-8-4-5-9-16(15)24-18/h1-9,18-19H,10-13H2/p+1. The van der Waals surface area contributed by atoms with Gasteiger partial charge in [0.05, 0.1) is 17.7 Å². The molecule has 124 valence electrons. The summed E-state index contributed by atoms with van der Waals surface area (Å²) in [5, 5.41) is 5.88. The van der Waals surface area contributed by atoms with Gasteiger partial charge in [-0.15, -0.1) is 0 Å². The van der Waals surface area contributed by atoms with Crippen molar-refractivity contribution in [1.82, 2.24) is 10.6 Å². The van der Waals surface area contributed by atoms with Crippen molar-refractivity contribution >= 4 is 11.6 Å². The molecule has 1 atom stereocenters. The van der Waals surface area contributed by atoms with Gasteiger partial charge in [-0.1, -0.05) is 42.5 Å². The van der Waals surface area contributed by atoms with Crippen LogP contribution in [0.4, 0.5) is 5.69 Å². The number of nitrogens with one attached hydrogen (secondary N) is 2. The van der Waals surface area contributed by atoms with Crippen LogP contribution >= 0.6 is 0 Å². The maximum atomic E-state index is 12.1. The number of amides is 1. The maximum Gasteiger partial charge on any atom is 0.352 e. The van der Waals surface area contributed by atoms with Gasteiger partial charge in [0.1, 0.15) is 0 Å². The molecule has 0 aromatic heterocycles. The van der Waals surface area contributed by atoms with Gasteiger partial charge >= 0.3 is 11.9 Å². The largest absolute Gasteiger partial charge is 0.423 e. The summed E-state index contributed by atoms with van der Waals surface area (Å²) in [4.78, 5) is 23.9. The van der Waals surface area contributed by atoms with Crippen molar-refractivity contribution < 1.29 is 14.3 Å². The molecule has 2 aromatic carbocycles. The quantitative estimate of drug-likeness (QED) is 0.765. The number of rotatable bonds is 7. The highest BCUT2D eigenvalue weighted by Gasteiger charge is 2.39. The van der Waals surface area contributed by atoms with E-state index in [2.05, 4.69) is 10.6 Å². The number of hydrogen-bond donors (Lipinski definition) is 2. The number of fused-ring (bicyclic) bond motifs is 1. The van der Waals surface area contributed by atoms with Crippen LogP contribution in [0.5, 0.6) is 5.75 Å². The number of ether oxygens (including phenoxy) is 1. The average molecular weight is 326 g/mol. The molecule has 0 spiro atoms. The van der Waals surface area contributed by atoms with Crippen LogP contribution in [0, 0.1) is 4.91 Å². The van der Waals surface area contributed by atoms with Gasteiger partial charge in [0, 0.05) is 24.1 Å². The lowest BCUT2D eigenvalue weighted by molar-refractivity contribution is -0.529. The van der Waals surface area contributed by atoms with E-state index in [-0.39, 0.29) is 12.5 Å². The highest BCUT2D eigenvalue weighted by molar-refractivity contribution is 5.77. The molecule has 0 radical (unpaired) electrons. The molecule has 1 aliphatic heterocycles. The Morgan fingerprint density at radius 1 is 1.08 bits per heavy atom. The number of nitroso groups, excluding NO2 is 1. The monoisotopic (exact) mass is 326 g/mol. The number of hydrogen-bond acceptors (Lipinski definition) is 4. The Bertz CT molecular complexity index is 718. The smallest absolute Gasteiger partial charge is 0.352 e. The van der Waals surface area contributed by atoms with Crippen molar-refractivity contribution in [3.8, 4) is 5.75 Å². The van der Waals surface area contributed by atoms with E-state index in [4.69, 9.17) is 4.74 Å². The first-order valence-electron chi connectivity index (χ1n) is 7.97. The summed E-state index contributed by atoms with van der Waals surface area (Å²) in [6.07, 6.45) is -0.150. The molecule has 24 heavy (non-hydrogen) atoms. The summed E-state index contributed by atoms with van der Waals surface area (Å²) in [5.41, 5.74) is 1.67. The molecule has 1 unspecified atom stereocenters. The van der Waals surface area contributed by atoms with Crippen molar-refractivity contribution in [2.45, 2.75) is 19.2 Å². The molecule has 6 nitrogen and oxygen atoms in total. The SMILES string of the molecule is O=C(CNCc1ccccc1)NCCC1Oc2ccccc2[N+]1=O. The number of nitrogens with zero attached hydrogens (tertiary/aromatic N) is 1. The van der Waals surface area contributed by atoms with E-state index in [1.54, 1.807) is 18.2 Å². The van der Waals surface area contributed by atoms with Crippen LogP contribution in [0.2, 0.25) is 0 Å². The number of carbonyl (C=O) groups excluding carboxylic acids is 1. The zero-order chi connectivity index (χ0) is 16.8. The van der Waals surface area contributed by atoms with Gasteiger partial charge in [-0.2, -0.15) is 0 Å². The average Bonchev–Trinajstić information content (AvgIpc) is 2.92. The van der Waals surface area contributed by atoms with Crippen molar-refractivity contribution in [1.29, 1.82) is 0 Å². The summed E-state index contributed by atoms with van der Waals surface area (Å²) in [5.74, 6) is 0.493. The predicted octanol–water partition coefficient (Wildman–Crippen LogP) is 2.11. The fourth-order valence-electron chi connectivity index (χ4n) is 2.58.